The highest BCUT2D eigenvalue weighted by Crippen LogP contribution is 2.37. The summed E-state index contributed by atoms with van der Waals surface area (Å²) in [5, 5.41) is 16.7. The second-order valence-corrected chi connectivity index (χ2v) is 10.4. The Kier molecular flexibility index (Phi) is 8.35. The van der Waals surface area contributed by atoms with Crippen LogP contribution in [0.5, 0.6) is 0 Å². The molecule has 1 aliphatic rings. The van der Waals surface area contributed by atoms with Crippen LogP contribution in [0.25, 0.3) is 11.0 Å². The quantitative estimate of drug-likeness (QED) is 0.385. The fourth-order valence-corrected chi connectivity index (χ4v) is 4.91. The van der Waals surface area contributed by atoms with E-state index in [0.29, 0.717) is 47.2 Å². The molecule has 4 rings (SSSR count). The van der Waals surface area contributed by atoms with Crippen LogP contribution in [-0.2, 0) is 4.79 Å². The highest BCUT2D eigenvalue weighted by Gasteiger charge is 2.33. The molecule has 2 heterocycles. The number of carbonyl (C=O) groups is 3. The minimum atomic E-state index is -0.632. The smallest absolute Gasteiger partial charge is 0.294 e. The molecule has 1 fully saturated rings. The van der Waals surface area contributed by atoms with Crippen molar-refractivity contribution in [2.75, 3.05) is 38.8 Å². The molecule has 2 aromatic heterocycles. The number of benzene rings is 1. The lowest BCUT2D eigenvalue weighted by atomic mass is 9.80. The van der Waals surface area contributed by atoms with E-state index < -0.39 is 12.1 Å². The van der Waals surface area contributed by atoms with Crippen molar-refractivity contribution >= 4 is 51.8 Å². The van der Waals surface area contributed by atoms with Crippen LogP contribution < -0.4 is 10.6 Å². The first-order valence-corrected chi connectivity index (χ1v) is 12.8. The Morgan fingerprint density at radius 3 is 2.37 bits per heavy atom. The Hall–Kier alpha value is -3.47. The summed E-state index contributed by atoms with van der Waals surface area (Å²) in [6, 6.07) is 8.06. The lowest BCUT2D eigenvalue weighted by Gasteiger charge is -2.33. The van der Waals surface area contributed by atoms with Gasteiger partial charge in [0.15, 0.2) is 0 Å². The van der Waals surface area contributed by atoms with Gasteiger partial charge in [-0.05, 0) is 70.0 Å². The van der Waals surface area contributed by atoms with Gasteiger partial charge in [0.2, 0.25) is 11.7 Å². The van der Waals surface area contributed by atoms with Crippen LogP contribution in [0.2, 0.25) is 5.02 Å². The van der Waals surface area contributed by atoms with Gasteiger partial charge in [0.05, 0.1) is 16.0 Å². The molecule has 1 atom stereocenters. The van der Waals surface area contributed by atoms with E-state index in [2.05, 4.69) is 15.6 Å². The molecule has 0 aliphatic heterocycles. The number of halogens is 1. The summed E-state index contributed by atoms with van der Waals surface area (Å²) in [4.78, 5) is 47.0. The summed E-state index contributed by atoms with van der Waals surface area (Å²) < 4.78 is 5.90. The summed E-state index contributed by atoms with van der Waals surface area (Å²) in [5.41, 5.74) is 0.728. The average Bonchev–Trinajstić information content (AvgIpc) is 3.27. The van der Waals surface area contributed by atoms with Gasteiger partial charge in [0, 0.05) is 26.2 Å². The predicted octanol–water partition coefficient (Wildman–Crippen LogP) is 4.06. The molecule has 1 aliphatic carbocycles. The number of fused-ring (bicyclic) bond motifs is 1. The maximum Gasteiger partial charge on any atom is 0.294 e. The molecule has 0 spiro atoms. The van der Waals surface area contributed by atoms with E-state index >= 15 is 0 Å². The van der Waals surface area contributed by atoms with Crippen molar-refractivity contribution in [3.05, 3.63) is 52.9 Å². The number of aliphatic hydroxyl groups excluding tert-OH is 1. The number of aromatic nitrogens is 1. The lowest BCUT2D eigenvalue weighted by molar-refractivity contribution is -0.122. The lowest BCUT2D eigenvalue weighted by Crippen LogP contribution is -2.38. The van der Waals surface area contributed by atoms with Gasteiger partial charge in [0.1, 0.15) is 23.3 Å². The van der Waals surface area contributed by atoms with Crippen molar-refractivity contribution < 1.29 is 23.9 Å². The third kappa shape index (κ3) is 5.82. The molecule has 10 nitrogen and oxygen atoms in total. The molecule has 11 heteroatoms. The number of hydrogen-bond acceptors (Lipinski definition) is 7. The van der Waals surface area contributed by atoms with E-state index in [1.807, 2.05) is 14.1 Å². The van der Waals surface area contributed by atoms with Gasteiger partial charge in [-0.3, -0.25) is 19.3 Å². The Balaban J connectivity index is 1.66. The number of hydrogen-bond donors (Lipinski definition) is 3. The Bertz CT molecular complexity index is 1330. The van der Waals surface area contributed by atoms with Crippen LogP contribution in [0, 0.1) is 11.8 Å². The fourth-order valence-electron chi connectivity index (χ4n) is 4.80. The van der Waals surface area contributed by atoms with Crippen molar-refractivity contribution in [1.29, 1.82) is 0 Å². The van der Waals surface area contributed by atoms with E-state index in [1.165, 1.54) is 11.1 Å². The maximum atomic E-state index is 13.4. The number of amides is 3. The molecule has 1 saturated carbocycles. The van der Waals surface area contributed by atoms with Gasteiger partial charge in [0.25, 0.3) is 11.8 Å². The van der Waals surface area contributed by atoms with Crippen molar-refractivity contribution in [2.24, 2.45) is 11.8 Å². The van der Waals surface area contributed by atoms with Crippen LogP contribution >= 0.6 is 11.6 Å². The third-order valence-electron chi connectivity index (χ3n) is 6.87. The van der Waals surface area contributed by atoms with Crippen molar-refractivity contribution in [1.82, 2.24) is 14.8 Å². The number of nitrogens with zero attached hydrogens (tertiary/aromatic N) is 3. The minimum Gasteiger partial charge on any atom is -0.449 e. The largest absolute Gasteiger partial charge is 0.449 e. The second kappa shape index (κ2) is 11.5. The average molecular weight is 542 g/mol. The number of pyridine rings is 1. The third-order valence-corrected chi connectivity index (χ3v) is 7.09. The summed E-state index contributed by atoms with van der Waals surface area (Å²) in [5.74, 6) is -1.31. The number of carbonyl (C=O) groups excluding carboxylic acids is 3. The monoisotopic (exact) mass is 541 g/mol. The molecule has 0 radical (unpaired) electrons. The molecule has 0 saturated heterocycles. The van der Waals surface area contributed by atoms with E-state index in [-0.39, 0.29) is 40.9 Å². The van der Waals surface area contributed by atoms with E-state index in [1.54, 1.807) is 49.3 Å². The zero-order valence-corrected chi connectivity index (χ0v) is 22.6. The van der Waals surface area contributed by atoms with Crippen molar-refractivity contribution in [3.63, 3.8) is 0 Å². The molecular weight excluding hydrogens is 510 g/mol. The van der Waals surface area contributed by atoms with E-state index in [4.69, 9.17) is 16.0 Å². The number of rotatable bonds is 7. The van der Waals surface area contributed by atoms with Gasteiger partial charge in [-0.1, -0.05) is 17.7 Å². The topological polar surface area (TPSA) is 128 Å². The zero-order chi connectivity index (χ0) is 27.6. The van der Waals surface area contributed by atoms with E-state index in [9.17, 15) is 19.5 Å². The van der Waals surface area contributed by atoms with Crippen LogP contribution in [-0.4, -0.2) is 72.0 Å². The molecule has 0 bridgehead atoms. The molecule has 202 valence electrons. The van der Waals surface area contributed by atoms with Crippen molar-refractivity contribution in [3.8, 4) is 0 Å². The zero-order valence-electron chi connectivity index (χ0n) is 21.8. The Morgan fingerprint density at radius 2 is 1.76 bits per heavy atom. The highest BCUT2D eigenvalue weighted by atomic mass is 35.5. The van der Waals surface area contributed by atoms with Gasteiger partial charge in [-0.25, -0.2) is 4.98 Å². The molecule has 3 amide bonds. The number of aliphatic hydroxyl groups is 1. The second-order valence-electron chi connectivity index (χ2n) is 9.98. The first-order valence-electron chi connectivity index (χ1n) is 12.4. The minimum absolute atomic E-state index is 0.0846. The van der Waals surface area contributed by atoms with Crippen molar-refractivity contribution in [2.45, 2.75) is 31.9 Å². The maximum absolute atomic E-state index is 13.4. The van der Waals surface area contributed by atoms with Crippen LogP contribution in [0.15, 0.2) is 40.9 Å². The molecule has 3 N–H and O–H groups in total. The first kappa shape index (κ1) is 27.6. The molecule has 38 heavy (non-hydrogen) atoms. The van der Waals surface area contributed by atoms with Crippen LogP contribution in [0.4, 0.5) is 11.5 Å². The highest BCUT2D eigenvalue weighted by molar-refractivity contribution is 6.30. The fraction of sp³-hybridized carbons (Fsp3) is 0.407. The Morgan fingerprint density at radius 1 is 1.05 bits per heavy atom. The van der Waals surface area contributed by atoms with Gasteiger partial charge in [-0.15, -0.1) is 0 Å². The number of nitrogens with one attached hydrogen (secondary N) is 2. The number of anilines is 2. The summed E-state index contributed by atoms with van der Waals surface area (Å²) in [6.07, 6.45) is 3.42. The van der Waals surface area contributed by atoms with Gasteiger partial charge >= 0.3 is 0 Å². The standard InChI is InChI=1S/C27H32ClN5O5/c1-32(2)26(36)16-10-8-15(9-11-16)24(34)31-22-21-18(27(37)33(3)4)6-5-7-19(21)38-23(22)25(35)30-20-13-12-17(28)14-29-20/h5-7,12-16,26,36H,8-11H2,1-4H3,(H,31,34)(H,29,30,35). The van der Waals surface area contributed by atoms with Gasteiger partial charge in [-0.2, -0.15) is 0 Å². The number of furan rings is 1. The summed E-state index contributed by atoms with van der Waals surface area (Å²) in [6.45, 7) is 0. The first-order chi connectivity index (χ1) is 18.1. The molecule has 3 aromatic rings. The van der Waals surface area contributed by atoms with E-state index in [0.717, 1.165) is 0 Å². The summed E-state index contributed by atoms with van der Waals surface area (Å²) in [7, 11) is 6.90. The molecule has 1 unspecified atom stereocenters. The summed E-state index contributed by atoms with van der Waals surface area (Å²) >= 11 is 5.90. The molecular formula is C27H32ClN5O5. The normalized spacial score (nSPS) is 18.3. The Labute approximate surface area is 225 Å². The van der Waals surface area contributed by atoms with Crippen LogP contribution in [0.1, 0.15) is 46.6 Å². The predicted molar refractivity (Wildman–Crippen MR) is 145 cm³/mol. The SMILES string of the molecule is CN(C)C(=O)c1cccc2oc(C(=O)Nc3ccc(Cl)cn3)c(NC(=O)C3CCC(C(O)N(C)C)CC3)c12. The molecule has 1 aromatic carbocycles. The van der Waals surface area contributed by atoms with Gasteiger partial charge < -0.3 is 25.1 Å². The van der Waals surface area contributed by atoms with Crippen LogP contribution in [0.3, 0.4) is 0 Å².